The molecule has 2 aliphatic rings. The normalized spacial score (nSPS) is 16.1. The molecule has 0 saturated carbocycles. The molecule has 0 spiro atoms. The molecule has 4 heterocycles. The molecule has 9 nitrogen and oxygen atoms in total. The quantitative estimate of drug-likeness (QED) is 0.304. The third-order valence-electron chi connectivity index (χ3n) is 8.27. The van der Waals surface area contributed by atoms with Crippen LogP contribution in [0, 0.1) is 6.92 Å². The van der Waals surface area contributed by atoms with E-state index in [1.54, 1.807) is 47.4 Å². The predicted molar refractivity (Wildman–Crippen MR) is 161 cm³/mol. The number of carbonyl (C=O) groups excluding carboxylic acids is 2. The van der Waals surface area contributed by atoms with Gasteiger partial charge in [-0.25, -0.2) is 9.78 Å². The molecule has 0 radical (unpaired) electrons. The van der Waals surface area contributed by atoms with Gasteiger partial charge in [0.2, 0.25) is 0 Å². The summed E-state index contributed by atoms with van der Waals surface area (Å²) >= 11 is 0. The molecule has 2 aliphatic heterocycles. The van der Waals surface area contributed by atoms with Gasteiger partial charge in [0.05, 0.1) is 23.5 Å². The van der Waals surface area contributed by atoms with Gasteiger partial charge in [0, 0.05) is 73.5 Å². The lowest BCUT2D eigenvalue weighted by molar-refractivity contribution is -0.137. The summed E-state index contributed by atoms with van der Waals surface area (Å²) in [5.41, 5.74) is 3.48. The number of nitrogens with zero attached hydrogens (tertiary/aromatic N) is 5. The fourth-order valence-corrected chi connectivity index (χ4v) is 5.84. The third kappa shape index (κ3) is 5.38. The molecule has 1 fully saturated rings. The second-order valence-corrected chi connectivity index (χ2v) is 10.9. The number of alkyl halides is 3. The highest BCUT2D eigenvalue weighted by Gasteiger charge is 2.34. The molecule has 12 heteroatoms. The highest BCUT2D eigenvalue weighted by atomic mass is 19.4. The molecule has 2 aromatic carbocycles. The number of anilines is 4. The summed E-state index contributed by atoms with van der Waals surface area (Å²) in [6.07, 6.45) is -1.10. The SMILES string of the molecule is CCN1CCN(c2cc(C(=O)Nc3ccc(C)c(N4Cc5cnc6[nH]ccc6c5N(C)C4=O)c3)cc(C(F)(F)F)c2)CC1. The number of fused-ring (bicyclic) bond motifs is 3. The average Bonchev–Trinajstić information content (AvgIpc) is 3.48. The van der Waals surface area contributed by atoms with Crippen molar-refractivity contribution in [2.24, 2.45) is 0 Å². The van der Waals surface area contributed by atoms with Gasteiger partial charge in [-0.05, 0) is 55.4 Å². The standard InChI is InChI=1S/C31H32F3N7O2/c1-4-39-9-11-40(12-10-39)24-14-20(13-22(15-24)31(32,33)34)29(42)37-23-6-5-19(2)26(16-23)41-18-21-17-36-28-25(7-8-35-28)27(21)38(3)30(41)43/h5-8,13-17H,4,9-12,18H2,1-3H3,(H,35,36)(H,37,42). The number of aromatic nitrogens is 2. The van der Waals surface area contributed by atoms with E-state index >= 15 is 0 Å². The zero-order chi connectivity index (χ0) is 30.5. The first-order chi connectivity index (χ1) is 20.5. The van der Waals surface area contributed by atoms with Crippen molar-refractivity contribution in [1.29, 1.82) is 0 Å². The van der Waals surface area contributed by atoms with Crippen LogP contribution in [-0.2, 0) is 12.7 Å². The van der Waals surface area contributed by atoms with Crippen molar-refractivity contribution < 1.29 is 22.8 Å². The van der Waals surface area contributed by atoms with Crippen LogP contribution in [-0.4, -0.2) is 66.6 Å². The molecule has 0 bridgehead atoms. The number of benzene rings is 2. The molecule has 4 aromatic rings. The Hall–Kier alpha value is -4.58. The zero-order valence-corrected chi connectivity index (χ0v) is 24.1. The number of hydrogen-bond acceptors (Lipinski definition) is 5. The summed E-state index contributed by atoms with van der Waals surface area (Å²) in [7, 11) is 1.70. The van der Waals surface area contributed by atoms with E-state index in [0.29, 0.717) is 35.8 Å². The fourth-order valence-electron chi connectivity index (χ4n) is 5.84. The second-order valence-electron chi connectivity index (χ2n) is 10.9. The van der Waals surface area contributed by atoms with Crippen molar-refractivity contribution in [1.82, 2.24) is 14.9 Å². The van der Waals surface area contributed by atoms with E-state index in [9.17, 15) is 22.8 Å². The molecule has 0 atom stereocenters. The Balaban J connectivity index is 1.28. The molecule has 43 heavy (non-hydrogen) atoms. The molecular formula is C31H32F3N7O2. The highest BCUT2D eigenvalue weighted by Crippen LogP contribution is 2.38. The summed E-state index contributed by atoms with van der Waals surface area (Å²) in [5.74, 6) is -0.666. The van der Waals surface area contributed by atoms with E-state index in [1.807, 2.05) is 17.9 Å². The Morgan fingerprint density at radius 2 is 1.84 bits per heavy atom. The number of rotatable bonds is 5. The van der Waals surface area contributed by atoms with Crippen molar-refractivity contribution >= 4 is 45.7 Å². The Labute approximate surface area is 246 Å². The monoisotopic (exact) mass is 591 g/mol. The number of carbonyl (C=O) groups is 2. The number of halogens is 3. The van der Waals surface area contributed by atoms with Gasteiger partial charge in [-0.1, -0.05) is 13.0 Å². The zero-order valence-electron chi connectivity index (χ0n) is 24.1. The Morgan fingerprint density at radius 1 is 1.07 bits per heavy atom. The van der Waals surface area contributed by atoms with Crippen LogP contribution in [0.1, 0.15) is 34.0 Å². The summed E-state index contributed by atoms with van der Waals surface area (Å²) in [5, 5.41) is 3.60. The maximum Gasteiger partial charge on any atom is 0.416 e. The molecule has 0 aliphatic carbocycles. The summed E-state index contributed by atoms with van der Waals surface area (Å²) < 4.78 is 41.6. The maximum atomic E-state index is 13.9. The van der Waals surface area contributed by atoms with E-state index in [1.165, 1.54) is 6.07 Å². The van der Waals surface area contributed by atoms with Gasteiger partial charge in [0.15, 0.2) is 0 Å². The van der Waals surface area contributed by atoms with E-state index in [-0.39, 0.29) is 18.1 Å². The van der Waals surface area contributed by atoms with Gasteiger partial charge in [0.1, 0.15) is 5.65 Å². The van der Waals surface area contributed by atoms with Crippen LogP contribution >= 0.6 is 0 Å². The van der Waals surface area contributed by atoms with Crippen LogP contribution in [0.15, 0.2) is 54.9 Å². The number of likely N-dealkylation sites (N-methyl/N-ethyl adjacent to an activating group) is 1. The summed E-state index contributed by atoms with van der Waals surface area (Å²) in [6.45, 7) is 7.68. The molecule has 2 aromatic heterocycles. The lowest BCUT2D eigenvalue weighted by Gasteiger charge is -2.36. The number of H-pyrrole nitrogens is 1. The van der Waals surface area contributed by atoms with Crippen molar-refractivity contribution in [3.63, 3.8) is 0 Å². The molecule has 3 amide bonds. The Morgan fingerprint density at radius 3 is 2.56 bits per heavy atom. The van der Waals surface area contributed by atoms with Crippen LogP contribution in [0.4, 0.5) is 40.7 Å². The molecule has 0 unspecified atom stereocenters. The van der Waals surface area contributed by atoms with Gasteiger partial charge >= 0.3 is 12.2 Å². The second kappa shape index (κ2) is 10.9. The minimum absolute atomic E-state index is 0.0887. The van der Waals surface area contributed by atoms with Gasteiger partial charge in [-0.3, -0.25) is 14.6 Å². The molecule has 224 valence electrons. The van der Waals surface area contributed by atoms with E-state index in [4.69, 9.17) is 0 Å². The number of pyridine rings is 1. The lowest BCUT2D eigenvalue weighted by atomic mass is 10.1. The number of hydrogen-bond donors (Lipinski definition) is 2. The number of aromatic amines is 1. The van der Waals surface area contributed by atoms with Gasteiger partial charge < -0.3 is 20.1 Å². The first-order valence-corrected chi connectivity index (χ1v) is 14.1. The van der Waals surface area contributed by atoms with Crippen molar-refractivity contribution in [2.75, 3.05) is 59.8 Å². The molecule has 1 saturated heterocycles. The van der Waals surface area contributed by atoms with Crippen molar-refractivity contribution in [2.45, 2.75) is 26.6 Å². The van der Waals surface area contributed by atoms with Gasteiger partial charge in [-0.15, -0.1) is 0 Å². The topological polar surface area (TPSA) is 87.8 Å². The summed E-state index contributed by atoms with van der Waals surface area (Å²) in [6, 6.07) is 10.2. The average molecular weight is 592 g/mol. The molecule has 6 rings (SSSR count). The number of nitrogens with one attached hydrogen (secondary N) is 2. The fraction of sp³-hybridized carbons (Fsp3) is 0.323. The number of aryl methyl sites for hydroxylation is 1. The van der Waals surface area contributed by atoms with E-state index < -0.39 is 17.6 Å². The van der Waals surface area contributed by atoms with Crippen molar-refractivity contribution in [3.05, 3.63) is 77.1 Å². The Bertz CT molecular complexity index is 1710. The van der Waals surface area contributed by atoms with Crippen molar-refractivity contribution in [3.8, 4) is 0 Å². The predicted octanol–water partition coefficient (Wildman–Crippen LogP) is 5.86. The largest absolute Gasteiger partial charge is 0.416 e. The van der Waals surface area contributed by atoms with Crippen LogP contribution < -0.4 is 20.0 Å². The maximum absolute atomic E-state index is 13.9. The van der Waals surface area contributed by atoms with Gasteiger partial charge in [-0.2, -0.15) is 13.2 Å². The third-order valence-corrected chi connectivity index (χ3v) is 8.27. The van der Waals surface area contributed by atoms with Gasteiger partial charge in [0.25, 0.3) is 5.91 Å². The van der Waals surface area contributed by atoms with E-state index in [2.05, 4.69) is 27.1 Å². The number of urea groups is 1. The van der Waals surface area contributed by atoms with Crippen LogP contribution in [0.3, 0.4) is 0 Å². The smallest absolute Gasteiger partial charge is 0.369 e. The lowest BCUT2D eigenvalue weighted by Crippen LogP contribution is -2.46. The number of amides is 3. The van der Waals surface area contributed by atoms with Crippen LogP contribution in [0.2, 0.25) is 0 Å². The minimum Gasteiger partial charge on any atom is -0.369 e. The van der Waals surface area contributed by atoms with E-state index in [0.717, 1.165) is 54.0 Å². The molecular weight excluding hydrogens is 559 g/mol. The minimum atomic E-state index is -4.61. The summed E-state index contributed by atoms with van der Waals surface area (Å²) in [4.78, 5) is 41.7. The first kappa shape index (κ1) is 28.5. The van der Waals surface area contributed by atoms with Crippen LogP contribution in [0.5, 0.6) is 0 Å². The Kier molecular flexibility index (Phi) is 7.25. The molecule has 2 N–H and O–H groups in total. The van der Waals surface area contributed by atoms with Crippen LogP contribution in [0.25, 0.3) is 11.0 Å². The highest BCUT2D eigenvalue weighted by molar-refractivity contribution is 6.11. The first-order valence-electron chi connectivity index (χ1n) is 14.1. The number of piperazine rings is 1.